The summed E-state index contributed by atoms with van der Waals surface area (Å²) in [5, 5.41) is 8.90. The van der Waals surface area contributed by atoms with E-state index in [0.717, 1.165) is 12.8 Å². The fourth-order valence-corrected chi connectivity index (χ4v) is 2.02. The number of carboxylic acid groups (broad SMARTS) is 1. The number of carbonyl (C=O) groups is 2. The molecule has 1 aromatic carbocycles. The monoisotopic (exact) mass is 277 g/mol. The number of amides is 1. The Morgan fingerprint density at radius 3 is 2.55 bits per heavy atom. The Hall–Kier alpha value is -2.04. The van der Waals surface area contributed by atoms with Gasteiger partial charge in [-0.3, -0.25) is 9.59 Å². The molecule has 1 N–H and O–H groups in total. The van der Waals surface area contributed by atoms with Crippen LogP contribution >= 0.6 is 0 Å². The van der Waals surface area contributed by atoms with Gasteiger partial charge in [0.2, 0.25) is 0 Å². The highest BCUT2D eigenvalue weighted by Crippen LogP contribution is 2.30. The van der Waals surface area contributed by atoms with Gasteiger partial charge >= 0.3 is 5.97 Å². The highest BCUT2D eigenvalue weighted by Gasteiger charge is 2.30. The summed E-state index contributed by atoms with van der Waals surface area (Å²) >= 11 is 0. The van der Waals surface area contributed by atoms with Gasteiger partial charge < -0.3 is 14.7 Å². The van der Waals surface area contributed by atoms with Crippen LogP contribution in [0.5, 0.6) is 5.75 Å². The van der Waals surface area contributed by atoms with Crippen molar-refractivity contribution in [3.05, 3.63) is 30.3 Å². The summed E-state index contributed by atoms with van der Waals surface area (Å²) in [7, 11) is 0. The first-order valence-corrected chi connectivity index (χ1v) is 6.78. The van der Waals surface area contributed by atoms with Crippen molar-refractivity contribution >= 4 is 11.9 Å². The van der Waals surface area contributed by atoms with Crippen molar-refractivity contribution in [1.29, 1.82) is 0 Å². The summed E-state index contributed by atoms with van der Waals surface area (Å²) in [5.41, 5.74) is 0. The largest absolute Gasteiger partial charge is 0.481 e. The zero-order valence-corrected chi connectivity index (χ0v) is 11.5. The van der Waals surface area contributed by atoms with Gasteiger partial charge in [0, 0.05) is 6.54 Å². The summed E-state index contributed by atoms with van der Waals surface area (Å²) in [6, 6.07) is 9.05. The predicted octanol–water partition coefficient (Wildman–Crippen LogP) is 1.78. The van der Waals surface area contributed by atoms with E-state index in [1.54, 1.807) is 19.1 Å². The van der Waals surface area contributed by atoms with E-state index in [0.29, 0.717) is 18.2 Å². The van der Waals surface area contributed by atoms with E-state index in [4.69, 9.17) is 9.84 Å². The van der Waals surface area contributed by atoms with Gasteiger partial charge in [0.15, 0.2) is 6.10 Å². The molecular weight excluding hydrogens is 258 g/mol. The Morgan fingerprint density at radius 1 is 1.35 bits per heavy atom. The molecule has 0 radical (unpaired) electrons. The van der Waals surface area contributed by atoms with Crippen LogP contribution in [-0.4, -0.2) is 41.1 Å². The molecule has 5 heteroatoms. The van der Waals surface area contributed by atoms with Gasteiger partial charge in [0.05, 0.1) is 0 Å². The van der Waals surface area contributed by atoms with Crippen LogP contribution in [0.4, 0.5) is 0 Å². The number of benzene rings is 1. The maximum absolute atomic E-state index is 12.3. The second-order valence-corrected chi connectivity index (χ2v) is 5.13. The molecule has 1 saturated carbocycles. The van der Waals surface area contributed by atoms with Crippen LogP contribution < -0.4 is 4.74 Å². The molecule has 1 unspecified atom stereocenters. The molecule has 0 aliphatic heterocycles. The summed E-state index contributed by atoms with van der Waals surface area (Å²) in [6.45, 7) is 1.89. The van der Waals surface area contributed by atoms with Crippen molar-refractivity contribution < 1.29 is 19.4 Å². The predicted molar refractivity (Wildman–Crippen MR) is 73.5 cm³/mol. The molecule has 1 atom stereocenters. The minimum atomic E-state index is -0.995. The molecule has 1 amide bonds. The van der Waals surface area contributed by atoms with Gasteiger partial charge in [-0.25, -0.2) is 0 Å². The Balaban J connectivity index is 1.96. The van der Waals surface area contributed by atoms with Gasteiger partial charge in [-0.05, 0) is 37.8 Å². The quantitative estimate of drug-likeness (QED) is 0.825. The number of ether oxygens (including phenoxy) is 1. The van der Waals surface area contributed by atoms with Gasteiger partial charge in [0.25, 0.3) is 5.91 Å². The Kier molecular flexibility index (Phi) is 4.61. The zero-order chi connectivity index (χ0) is 14.5. The molecule has 20 heavy (non-hydrogen) atoms. The molecule has 0 spiro atoms. The normalized spacial score (nSPS) is 15.4. The maximum Gasteiger partial charge on any atom is 0.323 e. The number of hydrogen-bond acceptors (Lipinski definition) is 3. The van der Waals surface area contributed by atoms with Crippen LogP contribution in [0.2, 0.25) is 0 Å². The van der Waals surface area contributed by atoms with Gasteiger partial charge in [-0.15, -0.1) is 0 Å². The van der Waals surface area contributed by atoms with E-state index in [1.807, 2.05) is 18.2 Å². The number of aliphatic carboxylic acids is 1. The van der Waals surface area contributed by atoms with E-state index in [9.17, 15) is 9.59 Å². The molecule has 1 aromatic rings. The number of carbonyl (C=O) groups excluding carboxylic acids is 1. The second kappa shape index (κ2) is 6.41. The fraction of sp³-hybridized carbons (Fsp3) is 0.467. The smallest absolute Gasteiger partial charge is 0.323 e. The summed E-state index contributed by atoms with van der Waals surface area (Å²) in [5.74, 6) is -0.216. The molecule has 1 fully saturated rings. The lowest BCUT2D eigenvalue weighted by atomic mass is 10.2. The second-order valence-electron chi connectivity index (χ2n) is 5.13. The van der Waals surface area contributed by atoms with Crippen molar-refractivity contribution in [2.45, 2.75) is 25.9 Å². The summed E-state index contributed by atoms with van der Waals surface area (Å²) in [6.07, 6.45) is 1.45. The third-order valence-electron chi connectivity index (χ3n) is 3.22. The van der Waals surface area contributed by atoms with Crippen LogP contribution in [0, 0.1) is 5.92 Å². The van der Waals surface area contributed by atoms with Crippen LogP contribution in [0.1, 0.15) is 19.8 Å². The van der Waals surface area contributed by atoms with Crippen LogP contribution in [-0.2, 0) is 9.59 Å². The first-order valence-electron chi connectivity index (χ1n) is 6.78. The standard InChI is InChI=1S/C15H19NO4/c1-11(20-13-5-3-2-4-6-13)15(19)16(10-14(17)18)9-12-7-8-12/h2-6,11-12H,7-10H2,1H3,(H,17,18). The topological polar surface area (TPSA) is 66.8 Å². The van der Waals surface area contributed by atoms with E-state index in [2.05, 4.69) is 0 Å². The molecule has 1 aliphatic rings. The molecule has 0 saturated heterocycles. The molecule has 0 aromatic heterocycles. The van der Waals surface area contributed by atoms with E-state index >= 15 is 0 Å². The molecule has 0 bridgehead atoms. The average Bonchev–Trinajstić information content (AvgIpc) is 3.21. The lowest BCUT2D eigenvalue weighted by Gasteiger charge is -2.24. The molecule has 0 heterocycles. The van der Waals surface area contributed by atoms with Crippen LogP contribution in [0.25, 0.3) is 0 Å². The molecule has 108 valence electrons. The number of para-hydroxylation sites is 1. The fourth-order valence-electron chi connectivity index (χ4n) is 2.02. The highest BCUT2D eigenvalue weighted by atomic mass is 16.5. The van der Waals surface area contributed by atoms with E-state index in [-0.39, 0.29) is 12.5 Å². The van der Waals surface area contributed by atoms with Crippen molar-refractivity contribution in [2.24, 2.45) is 5.92 Å². The zero-order valence-electron chi connectivity index (χ0n) is 11.5. The first-order chi connectivity index (χ1) is 9.56. The van der Waals surface area contributed by atoms with Crippen molar-refractivity contribution in [3.8, 4) is 5.75 Å². The summed E-state index contributed by atoms with van der Waals surface area (Å²) < 4.78 is 5.56. The Morgan fingerprint density at radius 2 is 2.00 bits per heavy atom. The van der Waals surface area contributed by atoms with Gasteiger partial charge in [0.1, 0.15) is 12.3 Å². The number of hydrogen-bond donors (Lipinski definition) is 1. The maximum atomic E-state index is 12.3. The van der Waals surface area contributed by atoms with Gasteiger partial charge in [-0.1, -0.05) is 18.2 Å². The number of carboxylic acids is 1. The summed E-state index contributed by atoms with van der Waals surface area (Å²) in [4.78, 5) is 24.5. The minimum absolute atomic E-state index is 0.266. The third-order valence-corrected chi connectivity index (χ3v) is 3.22. The third kappa shape index (κ3) is 4.26. The van der Waals surface area contributed by atoms with Crippen molar-refractivity contribution in [3.63, 3.8) is 0 Å². The van der Waals surface area contributed by atoms with Crippen molar-refractivity contribution in [2.75, 3.05) is 13.1 Å². The Labute approximate surface area is 118 Å². The highest BCUT2D eigenvalue weighted by molar-refractivity contribution is 5.84. The lowest BCUT2D eigenvalue weighted by molar-refractivity contribution is -0.147. The van der Waals surface area contributed by atoms with Gasteiger partial charge in [-0.2, -0.15) is 0 Å². The molecule has 1 aliphatic carbocycles. The van der Waals surface area contributed by atoms with Crippen LogP contribution in [0.3, 0.4) is 0 Å². The van der Waals surface area contributed by atoms with E-state index < -0.39 is 12.1 Å². The lowest BCUT2D eigenvalue weighted by Crippen LogP contribution is -2.44. The number of nitrogens with zero attached hydrogens (tertiary/aromatic N) is 1. The van der Waals surface area contributed by atoms with E-state index in [1.165, 1.54) is 4.90 Å². The minimum Gasteiger partial charge on any atom is -0.481 e. The SMILES string of the molecule is CC(Oc1ccccc1)C(=O)N(CC(=O)O)CC1CC1. The average molecular weight is 277 g/mol. The number of rotatable bonds is 7. The molecule has 5 nitrogen and oxygen atoms in total. The molecular formula is C15H19NO4. The van der Waals surface area contributed by atoms with Crippen molar-refractivity contribution in [1.82, 2.24) is 4.90 Å². The van der Waals surface area contributed by atoms with Crippen LogP contribution in [0.15, 0.2) is 30.3 Å². The Bertz CT molecular complexity index is 470. The molecule has 2 rings (SSSR count). The first kappa shape index (κ1) is 14.4.